The highest BCUT2D eigenvalue weighted by Crippen LogP contribution is 2.38. The van der Waals surface area contributed by atoms with E-state index in [9.17, 15) is 27.9 Å². The molecule has 250 valence electrons. The number of rotatable bonds is 12. The number of H-pyrrole nitrogens is 1. The quantitative estimate of drug-likeness (QED) is 0.148. The van der Waals surface area contributed by atoms with Crippen molar-refractivity contribution < 1.29 is 37.5 Å². The fraction of sp³-hybridized carbons (Fsp3) is 0.281. The monoisotopic (exact) mass is 675 g/mol. The average Bonchev–Trinajstić information content (AvgIpc) is 3.85. The van der Waals surface area contributed by atoms with Gasteiger partial charge in [0.1, 0.15) is 18.4 Å². The zero-order chi connectivity index (χ0) is 33.7. The number of nitrogens with zero attached hydrogens (tertiary/aromatic N) is 3. The van der Waals surface area contributed by atoms with Gasteiger partial charge < -0.3 is 30.3 Å². The van der Waals surface area contributed by atoms with Crippen molar-refractivity contribution in [2.24, 2.45) is 5.16 Å². The number of likely N-dealkylation sites (tertiary alicyclic amines) is 1. The van der Waals surface area contributed by atoms with Gasteiger partial charge in [0.15, 0.2) is 11.5 Å². The summed E-state index contributed by atoms with van der Waals surface area (Å²) in [5.41, 5.74) is -0.227. The van der Waals surface area contributed by atoms with E-state index in [4.69, 9.17) is 9.57 Å². The van der Waals surface area contributed by atoms with Crippen LogP contribution in [-0.2, 0) is 35.8 Å². The molecule has 15 nitrogen and oxygen atoms in total. The summed E-state index contributed by atoms with van der Waals surface area (Å²) in [4.78, 5) is 52.6. The van der Waals surface area contributed by atoms with E-state index in [2.05, 4.69) is 30.5 Å². The van der Waals surface area contributed by atoms with Gasteiger partial charge in [-0.3, -0.25) is 14.5 Å². The fourth-order valence-electron chi connectivity index (χ4n) is 5.72. The number of imidazole rings is 1. The number of nitrogens with one attached hydrogen (secondary N) is 4. The Bertz CT molecular complexity index is 1940. The van der Waals surface area contributed by atoms with Crippen molar-refractivity contribution in [3.8, 4) is 0 Å². The number of carbonyl (C=O) groups is 3. The maximum atomic E-state index is 13.2. The summed E-state index contributed by atoms with van der Waals surface area (Å²) in [5, 5.41) is 20.8. The normalized spacial score (nSPS) is 19.5. The highest BCUT2D eigenvalue weighted by molar-refractivity contribution is 7.89. The van der Waals surface area contributed by atoms with Crippen molar-refractivity contribution >= 4 is 50.4 Å². The number of carboxylic acids is 1. The minimum Gasteiger partial charge on any atom is -0.480 e. The molecule has 2 aliphatic heterocycles. The van der Waals surface area contributed by atoms with Crippen LogP contribution in [0.4, 0.5) is 10.7 Å². The van der Waals surface area contributed by atoms with Gasteiger partial charge in [-0.05, 0) is 28.5 Å². The van der Waals surface area contributed by atoms with E-state index in [1.165, 1.54) is 17.0 Å². The Morgan fingerprint density at radius 2 is 1.85 bits per heavy atom. The van der Waals surface area contributed by atoms with Crippen molar-refractivity contribution in [3.05, 3.63) is 90.8 Å². The van der Waals surface area contributed by atoms with Crippen molar-refractivity contribution in [1.82, 2.24) is 24.9 Å². The lowest BCUT2D eigenvalue weighted by Gasteiger charge is -2.24. The summed E-state index contributed by atoms with van der Waals surface area (Å²) in [7, 11) is -4.25. The lowest BCUT2D eigenvalue weighted by molar-refractivity contribution is -0.138. The van der Waals surface area contributed by atoms with Gasteiger partial charge in [-0.1, -0.05) is 65.8 Å². The first-order valence-electron chi connectivity index (χ1n) is 15.1. The number of hydrogen-bond donors (Lipinski definition) is 5. The zero-order valence-electron chi connectivity index (χ0n) is 25.5. The van der Waals surface area contributed by atoms with Gasteiger partial charge in [-0.15, -0.1) is 0 Å². The second kappa shape index (κ2) is 13.7. The molecule has 0 saturated carbocycles. The van der Waals surface area contributed by atoms with E-state index in [0.29, 0.717) is 24.3 Å². The number of anilines is 1. The Morgan fingerprint density at radius 3 is 2.60 bits per heavy atom. The van der Waals surface area contributed by atoms with Crippen molar-refractivity contribution in [1.29, 1.82) is 0 Å². The Labute approximate surface area is 275 Å². The highest BCUT2D eigenvalue weighted by atomic mass is 32.2. The Balaban J connectivity index is 1.08. The molecule has 16 heteroatoms. The topological polar surface area (TPSA) is 204 Å². The molecule has 3 aromatic carbocycles. The third kappa shape index (κ3) is 7.39. The summed E-state index contributed by atoms with van der Waals surface area (Å²) < 4.78 is 33.8. The molecule has 1 spiro atoms. The molecule has 3 atom stereocenters. The standard InChI is InChI=1S/C32H33N7O8S/c40-28(35-18-27(29(41)42)38-48(44,45)25-11-10-22-8-4-5-9-23(22)14-25)26-16-32(47-37-26)15-24(17-36-30-33-12-13-34-30)39(20-32)31(43)46-19-21-6-2-1-3-7-21/h1-14,24,27,38H,15-20H2,(H,35,40)(H,41,42)(H2,33,34,36)/t24?,27-,32?/m0/s1. The first-order chi connectivity index (χ1) is 23.1. The minimum absolute atomic E-state index is 0.0197. The predicted molar refractivity (Wildman–Crippen MR) is 173 cm³/mol. The molecule has 48 heavy (non-hydrogen) atoms. The number of amides is 2. The van der Waals surface area contributed by atoms with Crippen LogP contribution in [0.2, 0.25) is 0 Å². The number of carboxylic acid groups (broad SMARTS) is 1. The van der Waals surface area contributed by atoms with Crippen molar-refractivity contribution in [2.45, 2.75) is 42.0 Å². The summed E-state index contributed by atoms with van der Waals surface area (Å²) >= 11 is 0. The van der Waals surface area contributed by atoms with Crippen LogP contribution < -0.4 is 15.4 Å². The Morgan fingerprint density at radius 1 is 1.08 bits per heavy atom. The second-order valence-electron chi connectivity index (χ2n) is 11.6. The lowest BCUT2D eigenvalue weighted by Crippen LogP contribution is -2.49. The number of ether oxygens (including phenoxy) is 1. The third-order valence-corrected chi connectivity index (χ3v) is 9.61. The maximum absolute atomic E-state index is 13.2. The second-order valence-corrected chi connectivity index (χ2v) is 13.3. The van der Waals surface area contributed by atoms with E-state index < -0.39 is 52.2 Å². The largest absolute Gasteiger partial charge is 0.480 e. The fourth-order valence-corrected chi connectivity index (χ4v) is 6.95. The summed E-state index contributed by atoms with van der Waals surface area (Å²) in [6.07, 6.45) is 3.02. The smallest absolute Gasteiger partial charge is 0.410 e. The van der Waals surface area contributed by atoms with Gasteiger partial charge >= 0.3 is 12.1 Å². The number of fused-ring (bicyclic) bond motifs is 1. The molecule has 5 N–H and O–H groups in total. The number of aromatic amines is 1. The van der Waals surface area contributed by atoms with E-state index in [1.54, 1.807) is 30.6 Å². The van der Waals surface area contributed by atoms with Crippen LogP contribution >= 0.6 is 0 Å². The Kier molecular flexibility index (Phi) is 9.27. The average molecular weight is 676 g/mol. The van der Waals surface area contributed by atoms with Crippen LogP contribution in [0.15, 0.2) is 95.2 Å². The molecular weight excluding hydrogens is 642 g/mol. The van der Waals surface area contributed by atoms with Gasteiger partial charge in [-0.25, -0.2) is 18.2 Å². The predicted octanol–water partition coefficient (Wildman–Crippen LogP) is 2.45. The van der Waals surface area contributed by atoms with E-state index in [1.807, 2.05) is 42.5 Å². The molecule has 0 aliphatic carbocycles. The molecule has 2 unspecified atom stereocenters. The molecule has 3 heterocycles. The molecule has 0 bridgehead atoms. The maximum Gasteiger partial charge on any atom is 0.410 e. The van der Waals surface area contributed by atoms with Crippen LogP contribution in [0.1, 0.15) is 18.4 Å². The van der Waals surface area contributed by atoms with Crippen LogP contribution in [0.5, 0.6) is 0 Å². The van der Waals surface area contributed by atoms with Crippen LogP contribution in [0.25, 0.3) is 10.8 Å². The van der Waals surface area contributed by atoms with Gasteiger partial charge in [0.2, 0.25) is 10.0 Å². The van der Waals surface area contributed by atoms with E-state index in [-0.39, 0.29) is 30.2 Å². The first kappa shape index (κ1) is 32.5. The molecule has 1 saturated heterocycles. The van der Waals surface area contributed by atoms with Crippen LogP contribution in [0, 0.1) is 0 Å². The summed E-state index contributed by atoms with van der Waals surface area (Å²) in [6.45, 7) is -0.102. The minimum atomic E-state index is -4.25. The first-order valence-corrected chi connectivity index (χ1v) is 16.6. The van der Waals surface area contributed by atoms with Crippen molar-refractivity contribution in [3.63, 3.8) is 0 Å². The molecule has 1 fully saturated rings. The summed E-state index contributed by atoms with van der Waals surface area (Å²) in [6, 6.07) is 18.8. The van der Waals surface area contributed by atoms with Gasteiger partial charge in [0.25, 0.3) is 5.91 Å². The SMILES string of the molecule is O=C(NC[C@H](NS(=O)(=O)c1ccc2ccccc2c1)C(=O)O)C1=NOC2(C1)CC(CNc1ncc[nH]1)N(C(=O)OCc1ccccc1)C2. The molecule has 6 rings (SSSR count). The third-order valence-electron chi connectivity index (χ3n) is 8.14. The Hall–Kier alpha value is -5.48. The van der Waals surface area contributed by atoms with Gasteiger partial charge in [-0.2, -0.15) is 4.72 Å². The van der Waals surface area contributed by atoms with Crippen LogP contribution in [-0.4, -0.2) is 89.4 Å². The summed E-state index contributed by atoms with van der Waals surface area (Å²) in [5.74, 6) is -1.69. The zero-order valence-corrected chi connectivity index (χ0v) is 26.4. The highest BCUT2D eigenvalue weighted by Gasteiger charge is 2.52. The molecule has 4 aromatic rings. The number of aromatic nitrogens is 2. The number of aliphatic carboxylic acids is 1. The van der Waals surface area contributed by atoms with Gasteiger partial charge in [0.05, 0.1) is 17.5 Å². The molecule has 2 aliphatic rings. The number of sulfonamides is 1. The van der Waals surface area contributed by atoms with Crippen molar-refractivity contribution in [2.75, 3.05) is 25.0 Å². The lowest BCUT2D eigenvalue weighted by atomic mass is 9.94. The number of carbonyl (C=O) groups excluding carboxylic acids is 2. The number of benzene rings is 3. The van der Waals surface area contributed by atoms with E-state index in [0.717, 1.165) is 10.9 Å². The van der Waals surface area contributed by atoms with Crippen LogP contribution in [0.3, 0.4) is 0 Å². The number of hydrogen-bond acceptors (Lipinski definition) is 10. The number of oxime groups is 1. The molecule has 2 amide bonds. The van der Waals surface area contributed by atoms with E-state index >= 15 is 0 Å². The molecule has 1 aromatic heterocycles. The molecule has 0 radical (unpaired) electrons. The van der Waals surface area contributed by atoms with Gasteiger partial charge in [0, 0.05) is 38.3 Å². The molecular formula is C32H33N7O8S.